The maximum Gasteiger partial charge on any atom is 0.138 e. The predicted octanol–water partition coefficient (Wildman–Crippen LogP) is 3.83. The molecular formula is C14H10FIN2. The maximum absolute atomic E-state index is 13.6. The Morgan fingerprint density at radius 1 is 1.17 bits per heavy atom. The van der Waals surface area contributed by atoms with E-state index in [0.29, 0.717) is 10.1 Å². The van der Waals surface area contributed by atoms with Crippen molar-refractivity contribution in [1.29, 1.82) is 0 Å². The lowest BCUT2D eigenvalue weighted by molar-refractivity contribution is 0.619. The van der Waals surface area contributed by atoms with Crippen molar-refractivity contribution >= 4 is 33.5 Å². The molecule has 2 nitrogen and oxygen atoms in total. The van der Waals surface area contributed by atoms with Crippen LogP contribution in [0.2, 0.25) is 0 Å². The number of hydrogen-bond donors (Lipinski definition) is 0. The minimum Gasteiger partial charge on any atom is -0.260 e. The minimum absolute atomic E-state index is 0.196. The molecule has 0 atom stereocenters. The van der Waals surface area contributed by atoms with Crippen LogP contribution < -0.4 is 0 Å². The lowest BCUT2D eigenvalue weighted by atomic mass is 10.2. The highest BCUT2D eigenvalue weighted by Gasteiger charge is 2.07. The third-order valence-electron chi connectivity index (χ3n) is 2.86. The smallest absolute Gasteiger partial charge is 0.138 e. The minimum atomic E-state index is -0.196. The Hall–Kier alpha value is -1.43. The zero-order valence-corrected chi connectivity index (χ0v) is 11.6. The fourth-order valence-electron chi connectivity index (χ4n) is 1.96. The van der Waals surface area contributed by atoms with Gasteiger partial charge in [0.25, 0.3) is 0 Å². The first-order chi connectivity index (χ1) is 8.74. The summed E-state index contributed by atoms with van der Waals surface area (Å²) in [4.78, 5) is 0. The van der Waals surface area contributed by atoms with Gasteiger partial charge < -0.3 is 0 Å². The van der Waals surface area contributed by atoms with Gasteiger partial charge in [0.05, 0.1) is 18.3 Å². The standard InChI is InChI=1S/C14H10FIN2/c15-12-7-14-11(6-13(12)16)8-17-18(14)9-10-4-2-1-3-5-10/h1-8H,9H2. The molecule has 3 aromatic rings. The van der Waals surface area contributed by atoms with Gasteiger partial charge in [-0.1, -0.05) is 30.3 Å². The average Bonchev–Trinajstić information content (AvgIpc) is 2.74. The summed E-state index contributed by atoms with van der Waals surface area (Å²) in [6, 6.07) is 13.4. The Balaban J connectivity index is 2.05. The van der Waals surface area contributed by atoms with Crippen molar-refractivity contribution in [3.63, 3.8) is 0 Å². The second-order valence-corrected chi connectivity index (χ2v) is 5.28. The normalized spacial score (nSPS) is 11.0. The van der Waals surface area contributed by atoms with Crippen molar-refractivity contribution < 1.29 is 4.39 Å². The molecule has 0 unspecified atom stereocenters. The van der Waals surface area contributed by atoms with Crippen LogP contribution in [-0.2, 0) is 6.54 Å². The third-order valence-corrected chi connectivity index (χ3v) is 3.69. The van der Waals surface area contributed by atoms with Crippen LogP contribution in [0, 0.1) is 9.39 Å². The molecule has 0 saturated carbocycles. The molecule has 18 heavy (non-hydrogen) atoms. The summed E-state index contributed by atoms with van der Waals surface area (Å²) in [7, 11) is 0. The van der Waals surface area contributed by atoms with Crippen molar-refractivity contribution in [3.05, 3.63) is 63.6 Å². The predicted molar refractivity (Wildman–Crippen MR) is 78.0 cm³/mol. The monoisotopic (exact) mass is 352 g/mol. The van der Waals surface area contributed by atoms with Crippen LogP contribution in [0.15, 0.2) is 48.7 Å². The lowest BCUT2D eigenvalue weighted by Gasteiger charge is -2.04. The van der Waals surface area contributed by atoms with E-state index in [1.54, 1.807) is 12.3 Å². The molecule has 0 bridgehead atoms. The summed E-state index contributed by atoms with van der Waals surface area (Å²) < 4.78 is 16.0. The summed E-state index contributed by atoms with van der Waals surface area (Å²) in [6.07, 6.45) is 1.78. The van der Waals surface area contributed by atoms with E-state index in [2.05, 4.69) is 5.10 Å². The molecule has 0 radical (unpaired) electrons. The summed E-state index contributed by atoms with van der Waals surface area (Å²) in [6.45, 7) is 0.657. The molecule has 0 amide bonds. The molecule has 1 heterocycles. The van der Waals surface area contributed by atoms with Crippen LogP contribution in [0.3, 0.4) is 0 Å². The number of halogens is 2. The molecule has 0 N–H and O–H groups in total. The number of rotatable bonds is 2. The van der Waals surface area contributed by atoms with E-state index >= 15 is 0 Å². The fraction of sp³-hybridized carbons (Fsp3) is 0.0714. The van der Waals surface area contributed by atoms with E-state index in [4.69, 9.17) is 0 Å². The molecule has 3 rings (SSSR count). The fourth-order valence-corrected chi connectivity index (χ4v) is 2.45. The van der Waals surface area contributed by atoms with Gasteiger partial charge in [-0.05, 0) is 34.2 Å². The number of fused-ring (bicyclic) bond motifs is 1. The molecule has 0 aliphatic rings. The van der Waals surface area contributed by atoms with Crippen LogP contribution in [0.1, 0.15) is 5.56 Å². The van der Waals surface area contributed by atoms with Crippen LogP contribution >= 0.6 is 22.6 Å². The van der Waals surface area contributed by atoms with E-state index in [9.17, 15) is 4.39 Å². The molecule has 4 heteroatoms. The highest BCUT2D eigenvalue weighted by Crippen LogP contribution is 2.21. The van der Waals surface area contributed by atoms with Gasteiger partial charge in [0.1, 0.15) is 5.82 Å². The molecule has 2 aromatic carbocycles. The molecular weight excluding hydrogens is 342 g/mol. The number of aromatic nitrogens is 2. The van der Waals surface area contributed by atoms with Crippen molar-refractivity contribution in [1.82, 2.24) is 9.78 Å². The van der Waals surface area contributed by atoms with Gasteiger partial charge in [0, 0.05) is 15.0 Å². The van der Waals surface area contributed by atoms with Crippen LogP contribution in [0.25, 0.3) is 10.9 Å². The maximum atomic E-state index is 13.6. The molecule has 90 valence electrons. The Kier molecular flexibility index (Phi) is 3.03. The number of benzene rings is 2. The van der Waals surface area contributed by atoms with Crippen LogP contribution in [0.4, 0.5) is 4.39 Å². The van der Waals surface area contributed by atoms with Crippen molar-refractivity contribution in [2.24, 2.45) is 0 Å². The molecule has 0 saturated heterocycles. The first kappa shape index (κ1) is 11.6. The lowest BCUT2D eigenvalue weighted by Crippen LogP contribution is -2.01. The molecule has 0 aliphatic carbocycles. The first-order valence-electron chi connectivity index (χ1n) is 5.58. The molecule has 0 aliphatic heterocycles. The summed E-state index contributed by atoms with van der Waals surface area (Å²) in [5, 5.41) is 5.29. The Morgan fingerprint density at radius 3 is 2.72 bits per heavy atom. The molecule has 0 fully saturated rings. The van der Waals surface area contributed by atoms with Gasteiger partial charge in [0.15, 0.2) is 0 Å². The zero-order valence-electron chi connectivity index (χ0n) is 9.48. The Labute approximate surface area is 118 Å². The van der Waals surface area contributed by atoms with Crippen molar-refractivity contribution in [2.75, 3.05) is 0 Å². The average molecular weight is 352 g/mol. The van der Waals surface area contributed by atoms with Gasteiger partial charge in [-0.2, -0.15) is 5.10 Å². The van der Waals surface area contributed by atoms with E-state index in [1.165, 1.54) is 0 Å². The quantitative estimate of drug-likeness (QED) is 0.641. The van der Waals surface area contributed by atoms with Crippen LogP contribution in [0.5, 0.6) is 0 Å². The first-order valence-corrected chi connectivity index (χ1v) is 6.66. The summed E-state index contributed by atoms with van der Waals surface area (Å²) >= 11 is 1.99. The third kappa shape index (κ3) is 2.12. The topological polar surface area (TPSA) is 17.8 Å². The van der Waals surface area contributed by atoms with Gasteiger partial charge in [0.2, 0.25) is 0 Å². The van der Waals surface area contributed by atoms with E-state index < -0.39 is 0 Å². The van der Waals surface area contributed by atoms with E-state index in [1.807, 2.05) is 63.7 Å². The molecule has 0 spiro atoms. The number of hydrogen-bond acceptors (Lipinski definition) is 1. The van der Waals surface area contributed by atoms with Crippen LogP contribution in [-0.4, -0.2) is 9.78 Å². The summed E-state index contributed by atoms with van der Waals surface area (Å²) in [5.74, 6) is -0.196. The SMILES string of the molecule is Fc1cc2c(cnn2Cc2ccccc2)cc1I. The summed E-state index contributed by atoms with van der Waals surface area (Å²) in [5.41, 5.74) is 1.98. The highest BCUT2D eigenvalue weighted by molar-refractivity contribution is 14.1. The van der Waals surface area contributed by atoms with Gasteiger partial charge in [-0.3, -0.25) is 4.68 Å². The number of nitrogens with zero attached hydrogens (tertiary/aromatic N) is 2. The molecule has 1 aromatic heterocycles. The van der Waals surface area contributed by atoms with Gasteiger partial charge in [-0.25, -0.2) is 4.39 Å². The second-order valence-electron chi connectivity index (χ2n) is 4.11. The van der Waals surface area contributed by atoms with Gasteiger partial charge in [-0.15, -0.1) is 0 Å². The largest absolute Gasteiger partial charge is 0.260 e. The zero-order chi connectivity index (χ0) is 12.5. The Bertz CT molecular complexity index is 692. The van der Waals surface area contributed by atoms with E-state index in [-0.39, 0.29) is 5.82 Å². The second kappa shape index (κ2) is 4.68. The van der Waals surface area contributed by atoms with Crippen molar-refractivity contribution in [2.45, 2.75) is 6.54 Å². The van der Waals surface area contributed by atoms with Gasteiger partial charge >= 0.3 is 0 Å². The van der Waals surface area contributed by atoms with Crippen molar-refractivity contribution in [3.8, 4) is 0 Å². The van der Waals surface area contributed by atoms with E-state index in [0.717, 1.165) is 16.5 Å². The highest BCUT2D eigenvalue weighted by atomic mass is 127. The Morgan fingerprint density at radius 2 is 1.94 bits per heavy atom.